The smallest absolute Gasteiger partial charge is 0.179 e. The van der Waals surface area contributed by atoms with Crippen molar-refractivity contribution in [3.8, 4) is 0 Å². The summed E-state index contributed by atoms with van der Waals surface area (Å²) in [6.45, 7) is 6.35. The maximum absolute atomic E-state index is 5.67. The van der Waals surface area contributed by atoms with Gasteiger partial charge in [0.15, 0.2) is 5.65 Å². The molecule has 1 unspecified atom stereocenters. The number of hydrogen-bond donors (Lipinski definition) is 3. The number of fused-ring (bicyclic) bond motifs is 1. The Morgan fingerprint density at radius 3 is 2.83 bits per heavy atom. The summed E-state index contributed by atoms with van der Waals surface area (Å²) >= 11 is 0. The van der Waals surface area contributed by atoms with Gasteiger partial charge in [-0.05, 0) is 19.1 Å². The van der Waals surface area contributed by atoms with Crippen LogP contribution >= 0.6 is 0 Å². The summed E-state index contributed by atoms with van der Waals surface area (Å²) in [4.78, 5) is 14.5. The van der Waals surface area contributed by atoms with E-state index in [0.29, 0.717) is 11.5 Å². The average Bonchev–Trinajstić information content (AvgIpc) is 2.81. The highest BCUT2D eigenvalue weighted by molar-refractivity contribution is 5.72. The maximum atomic E-state index is 5.67. The second kappa shape index (κ2) is 4.55. The predicted molar refractivity (Wildman–Crippen MR) is 71.2 cm³/mol. The summed E-state index contributed by atoms with van der Waals surface area (Å²) < 4.78 is 0. The van der Waals surface area contributed by atoms with E-state index in [1.807, 2.05) is 6.07 Å². The van der Waals surface area contributed by atoms with E-state index in [-0.39, 0.29) is 6.04 Å². The molecule has 0 amide bonds. The Labute approximate surface area is 106 Å². The van der Waals surface area contributed by atoms with Crippen molar-refractivity contribution in [2.45, 2.75) is 13.0 Å². The van der Waals surface area contributed by atoms with Crippen LogP contribution in [0, 0.1) is 0 Å². The van der Waals surface area contributed by atoms with Crippen LogP contribution < -0.4 is 11.1 Å². The third kappa shape index (κ3) is 2.04. The number of imidazole rings is 1. The van der Waals surface area contributed by atoms with E-state index in [1.165, 1.54) is 0 Å². The SMILES string of the molecule is CC(c1nc2nc(N)ccc2[nH]1)N1CCNCC1. The monoisotopic (exact) mass is 246 g/mol. The van der Waals surface area contributed by atoms with Crippen molar-refractivity contribution < 1.29 is 0 Å². The molecule has 0 saturated carbocycles. The van der Waals surface area contributed by atoms with Gasteiger partial charge in [-0.25, -0.2) is 9.97 Å². The Hall–Kier alpha value is -1.66. The summed E-state index contributed by atoms with van der Waals surface area (Å²) in [5.41, 5.74) is 7.31. The molecule has 2 aromatic rings. The van der Waals surface area contributed by atoms with Gasteiger partial charge in [-0.2, -0.15) is 0 Å². The Kier molecular flexibility index (Phi) is 2.89. The quantitative estimate of drug-likeness (QED) is 0.719. The summed E-state index contributed by atoms with van der Waals surface area (Å²) in [5.74, 6) is 1.47. The summed E-state index contributed by atoms with van der Waals surface area (Å²) in [7, 11) is 0. The molecule has 0 aromatic carbocycles. The number of aromatic amines is 1. The van der Waals surface area contributed by atoms with Crippen LogP contribution in [0.2, 0.25) is 0 Å². The molecule has 1 aliphatic rings. The minimum absolute atomic E-state index is 0.280. The fourth-order valence-electron chi connectivity index (χ4n) is 2.37. The van der Waals surface area contributed by atoms with Crippen molar-refractivity contribution in [1.29, 1.82) is 0 Å². The van der Waals surface area contributed by atoms with Gasteiger partial charge in [0.1, 0.15) is 11.6 Å². The number of pyridine rings is 1. The van der Waals surface area contributed by atoms with Crippen molar-refractivity contribution in [1.82, 2.24) is 25.2 Å². The molecule has 3 rings (SSSR count). The van der Waals surface area contributed by atoms with Crippen molar-refractivity contribution >= 4 is 17.0 Å². The van der Waals surface area contributed by atoms with Gasteiger partial charge in [0, 0.05) is 26.2 Å². The first kappa shape index (κ1) is 11.4. The Morgan fingerprint density at radius 1 is 1.28 bits per heavy atom. The van der Waals surface area contributed by atoms with Gasteiger partial charge in [0.25, 0.3) is 0 Å². The van der Waals surface area contributed by atoms with Crippen LogP contribution in [0.25, 0.3) is 11.2 Å². The molecule has 96 valence electrons. The summed E-state index contributed by atoms with van der Waals surface area (Å²) in [6, 6.07) is 4.00. The number of hydrogen-bond acceptors (Lipinski definition) is 5. The number of nitrogen functional groups attached to an aromatic ring is 1. The highest BCUT2D eigenvalue weighted by Gasteiger charge is 2.20. The molecule has 1 atom stereocenters. The van der Waals surface area contributed by atoms with Gasteiger partial charge in [-0.15, -0.1) is 0 Å². The number of nitrogens with zero attached hydrogens (tertiary/aromatic N) is 3. The molecule has 0 aliphatic carbocycles. The van der Waals surface area contributed by atoms with Gasteiger partial charge >= 0.3 is 0 Å². The second-order valence-corrected chi connectivity index (χ2v) is 4.69. The standard InChI is InChI=1S/C12H18N6/c1-8(18-6-4-14-5-7-18)11-15-9-2-3-10(13)16-12(9)17-11/h2-3,8,14H,4-7H2,1H3,(H3,13,15,16,17). The lowest BCUT2D eigenvalue weighted by molar-refractivity contribution is 0.180. The summed E-state index contributed by atoms with van der Waals surface area (Å²) in [5, 5.41) is 3.35. The lowest BCUT2D eigenvalue weighted by atomic mass is 10.2. The van der Waals surface area contributed by atoms with Crippen molar-refractivity contribution in [2.24, 2.45) is 0 Å². The molecule has 2 aromatic heterocycles. The van der Waals surface area contributed by atoms with E-state index >= 15 is 0 Å². The molecule has 1 saturated heterocycles. The molecule has 0 bridgehead atoms. The largest absolute Gasteiger partial charge is 0.384 e. The number of nitrogens with two attached hydrogens (primary N) is 1. The first-order valence-corrected chi connectivity index (χ1v) is 6.31. The van der Waals surface area contributed by atoms with E-state index in [2.05, 4.69) is 32.1 Å². The van der Waals surface area contributed by atoms with Crippen molar-refractivity contribution in [3.63, 3.8) is 0 Å². The van der Waals surface area contributed by atoms with Gasteiger partial charge in [-0.3, -0.25) is 4.90 Å². The van der Waals surface area contributed by atoms with Gasteiger partial charge in [-0.1, -0.05) is 0 Å². The van der Waals surface area contributed by atoms with Crippen LogP contribution in [0.15, 0.2) is 12.1 Å². The number of rotatable bonds is 2. The molecule has 4 N–H and O–H groups in total. The number of aromatic nitrogens is 3. The van der Waals surface area contributed by atoms with Crippen LogP contribution in [0.1, 0.15) is 18.8 Å². The Bertz CT molecular complexity index is 542. The van der Waals surface area contributed by atoms with Crippen molar-refractivity contribution in [2.75, 3.05) is 31.9 Å². The number of anilines is 1. The average molecular weight is 246 g/mol. The topological polar surface area (TPSA) is 82.9 Å². The normalized spacial score (nSPS) is 19.2. The van der Waals surface area contributed by atoms with E-state index in [1.54, 1.807) is 6.07 Å². The van der Waals surface area contributed by atoms with E-state index in [4.69, 9.17) is 5.73 Å². The zero-order valence-corrected chi connectivity index (χ0v) is 10.5. The van der Waals surface area contributed by atoms with Crippen LogP contribution in [-0.4, -0.2) is 46.0 Å². The molecule has 6 nitrogen and oxygen atoms in total. The molecule has 0 spiro atoms. The van der Waals surface area contributed by atoms with Gasteiger partial charge in [0.2, 0.25) is 0 Å². The summed E-state index contributed by atoms with van der Waals surface area (Å²) in [6.07, 6.45) is 0. The fourth-order valence-corrected chi connectivity index (χ4v) is 2.37. The third-order valence-electron chi connectivity index (χ3n) is 3.48. The van der Waals surface area contributed by atoms with E-state index in [9.17, 15) is 0 Å². The number of nitrogens with one attached hydrogen (secondary N) is 2. The molecule has 1 fully saturated rings. The van der Waals surface area contributed by atoms with Crippen LogP contribution in [0.3, 0.4) is 0 Å². The molecule has 3 heterocycles. The van der Waals surface area contributed by atoms with Crippen LogP contribution in [0.5, 0.6) is 0 Å². The third-order valence-corrected chi connectivity index (χ3v) is 3.48. The molecule has 1 aliphatic heterocycles. The highest BCUT2D eigenvalue weighted by atomic mass is 15.2. The van der Waals surface area contributed by atoms with Crippen LogP contribution in [-0.2, 0) is 0 Å². The predicted octanol–water partition coefficient (Wildman–Crippen LogP) is 0.506. The van der Waals surface area contributed by atoms with E-state index < -0.39 is 0 Å². The lowest BCUT2D eigenvalue weighted by Crippen LogP contribution is -2.44. The molecular formula is C12H18N6. The molecule has 18 heavy (non-hydrogen) atoms. The molecular weight excluding hydrogens is 228 g/mol. The first-order chi connectivity index (χ1) is 8.74. The highest BCUT2D eigenvalue weighted by Crippen LogP contribution is 2.20. The second-order valence-electron chi connectivity index (χ2n) is 4.69. The minimum atomic E-state index is 0.280. The number of piperazine rings is 1. The Balaban J connectivity index is 1.88. The fraction of sp³-hybridized carbons (Fsp3) is 0.500. The lowest BCUT2D eigenvalue weighted by Gasteiger charge is -2.31. The Morgan fingerprint density at radius 2 is 2.06 bits per heavy atom. The maximum Gasteiger partial charge on any atom is 0.179 e. The van der Waals surface area contributed by atoms with Crippen molar-refractivity contribution in [3.05, 3.63) is 18.0 Å². The van der Waals surface area contributed by atoms with E-state index in [0.717, 1.165) is 37.5 Å². The molecule has 6 heteroatoms. The van der Waals surface area contributed by atoms with Gasteiger partial charge in [0.05, 0.1) is 11.6 Å². The van der Waals surface area contributed by atoms with Crippen LogP contribution in [0.4, 0.5) is 5.82 Å². The zero-order valence-electron chi connectivity index (χ0n) is 10.5. The zero-order chi connectivity index (χ0) is 12.5. The molecule has 0 radical (unpaired) electrons. The van der Waals surface area contributed by atoms with Gasteiger partial charge < -0.3 is 16.0 Å². The number of H-pyrrole nitrogens is 1. The minimum Gasteiger partial charge on any atom is -0.384 e. The first-order valence-electron chi connectivity index (χ1n) is 6.31.